The van der Waals surface area contributed by atoms with E-state index in [1.165, 1.54) is 12.5 Å². The van der Waals surface area contributed by atoms with Crippen LogP contribution < -0.4 is 4.90 Å². The Kier molecular flexibility index (Phi) is 3.26. The SMILES string of the molecule is CC1CCCCN1c1ccc(C(F)(F)F)cn1. The van der Waals surface area contributed by atoms with Gasteiger partial charge in [0.05, 0.1) is 5.56 Å². The molecule has 2 rings (SSSR count). The zero-order valence-corrected chi connectivity index (χ0v) is 9.67. The van der Waals surface area contributed by atoms with Crippen molar-refractivity contribution in [3.63, 3.8) is 0 Å². The number of anilines is 1. The normalized spacial score (nSPS) is 21.6. The van der Waals surface area contributed by atoms with Crippen LogP contribution in [0, 0.1) is 0 Å². The predicted octanol–water partition coefficient (Wildman–Crippen LogP) is 3.48. The summed E-state index contributed by atoms with van der Waals surface area (Å²) in [6.45, 7) is 2.96. The Balaban J connectivity index is 2.17. The van der Waals surface area contributed by atoms with Gasteiger partial charge in [0.1, 0.15) is 5.82 Å². The summed E-state index contributed by atoms with van der Waals surface area (Å²) in [5.41, 5.74) is -0.689. The molecule has 0 spiro atoms. The fraction of sp³-hybridized carbons (Fsp3) is 0.583. The predicted molar refractivity (Wildman–Crippen MR) is 59.9 cm³/mol. The second-order valence-electron chi connectivity index (χ2n) is 4.44. The Morgan fingerprint density at radius 3 is 2.59 bits per heavy atom. The van der Waals surface area contributed by atoms with Crippen LogP contribution in [0.5, 0.6) is 0 Å². The van der Waals surface area contributed by atoms with Gasteiger partial charge in [-0.25, -0.2) is 4.98 Å². The Bertz CT molecular complexity index is 372. The molecule has 5 heteroatoms. The fourth-order valence-corrected chi connectivity index (χ4v) is 2.16. The van der Waals surface area contributed by atoms with E-state index < -0.39 is 11.7 Å². The van der Waals surface area contributed by atoms with Crippen LogP contribution in [-0.4, -0.2) is 17.6 Å². The largest absolute Gasteiger partial charge is 0.417 e. The first-order valence-electron chi connectivity index (χ1n) is 5.78. The fourth-order valence-electron chi connectivity index (χ4n) is 2.16. The lowest BCUT2D eigenvalue weighted by atomic mass is 10.0. The standard InChI is InChI=1S/C12H15F3N2/c1-9-4-2-3-7-17(9)11-6-5-10(8-16-11)12(13,14)15/h5-6,8-9H,2-4,7H2,1H3. The highest BCUT2D eigenvalue weighted by molar-refractivity contribution is 5.41. The van der Waals surface area contributed by atoms with Gasteiger partial charge in [-0.2, -0.15) is 13.2 Å². The molecule has 0 aromatic carbocycles. The maximum atomic E-state index is 12.4. The van der Waals surface area contributed by atoms with Crippen LogP contribution in [0.2, 0.25) is 0 Å². The van der Waals surface area contributed by atoms with E-state index in [0.717, 1.165) is 31.6 Å². The monoisotopic (exact) mass is 244 g/mol. The molecule has 1 aliphatic heterocycles. The number of hydrogen-bond donors (Lipinski definition) is 0. The Hall–Kier alpha value is -1.26. The van der Waals surface area contributed by atoms with Crippen LogP contribution in [0.25, 0.3) is 0 Å². The molecule has 1 aromatic heterocycles. The lowest BCUT2D eigenvalue weighted by Gasteiger charge is -2.34. The van der Waals surface area contributed by atoms with E-state index in [1.807, 2.05) is 0 Å². The van der Waals surface area contributed by atoms with Crippen molar-refractivity contribution in [2.75, 3.05) is 11.4 Å². The first-order valence-corrected chi connectivity index (χ1v) is 5.78. The van der Waals surface area contributed by atoms with Crippen LogP contribution in [0.15, 0.2) is 18.3 Å². The van der Waals surface area contributed by atoms with E-state index in [1.54, 1.807) is 0 Å². The van der Waals surface area contributed by atoms with E-state index in [0.29, 0.717) is 11.9 Å². The van der Waals surface area contributed by atoms with Gasteiger partial charge in [0.15, 0.2) is 0 Å². The molecule has 0 saturated carbocycles. The van der Waals surface area contributed by atoms with E-state index in [2.05, 4.69) is 16.8 Å². The van der Waals surface area contributed by atoms with Gasteiger partial charge in [-0.3, -0.25) is 0 Å². The molecule has 1 unspecified atom stereocenters. The van der Waals surface area contributed by atoms with Crippen molar-refractivity contribution in [3.8, 4) is 0 Å². The van der Waals surface area contributed by atoms with Crippen LogP contribution >= 0.6 is 0 Å². The van der Waals surface area contributed by atoms with Gasteiger partial charge in [-0.15, -0.1) is 0 Å². The highest BCUT2D eigenvalue weighted by Gasteiger charge is 2.31. The van der Waals surface area contributed by atoms with Crippen LogP contribution in [0.4, 0.5) is 19.0 Å². The Morgan fingerprint density at radius 1 is 1.29 bits per heavy atom. The summed E-state index contributed by atoms with van der Waals surface area (Å²) in [5, 5.41) is 0. The summed E-state index contributed by atoms with van der Waals surface area (Å²) in [6, 6.07) is 2.92. The third-order valence-corrected chi connectivity index (χ3v) is 3.17. The second kappa shape index (κ2) is 4.55. The third-order valence-electron chi connectivity index (χ3n) is 3.17. The number of halogens is 3. The number of nitrogens with zero attached hydrogens (tertiary/aromatic N) is 2. The van der Waals surface area contributed by atoms with Crippen LogP contribution in [0.3, 0.4) is 0 Å². The smallest absolute Gasteiger partial charge is 0.354 e. The first kappa shape index (κ1) is 12.2. The molecule has 2 nitrogen and oxygen atoms in total. The first-order chi connectivity index (χ1) is 7.98. The zero-order valence-electron chi connectivity index (χ0n) is 9.67. The number of rotatable bonds is 1. The Labute approximate surface area is 98.5 Å². The number of aromatic nitrogens is 1. The molecule has 17 heavy (non-hydrogen) atoms. The Morgan fingerprint density at radius 2 is 2.06 bits per heavy atom. The average Bonchev–Trinajstić information content (AvgIpc) is 2.29. The molecule has 0 radical (unpaired) electrons. The molecular weight excluding hydrogens is 229 g/mol. The molecule has 1 aromatic rings. The van der Waals surface area contributed by atoms with Gasteiger partial charge in [0, 0.05) is 18.8 Å². The minimum absolute atomic E-state index is 0.355. The molecule has 1 fully saturated rings. The maximum absolute atomic E-state index is 12.4. The molecular formula is C12H15F3N2. The van der Waals surface area contributed by atoms with Gasteiger partial charge in [-0.05, 0) is 38.3 Å². The van der Waals surface area contributed by atoms with Crippen molar-refractivity contribution in [1.82, 2.24) is 4.98 Å². The van der Waals surface area contributed by atoms with Crippen molar-refractivity contribution in [3.05, 3.63) is 23.9 Å². The molecule has 1 saturated heterocycles. The highest BCUT2D eigenvalue weighted by atomic mass is 19.4. The topological polar surface area (TPSA) is 16.1 Å². The van der Waals surface area contributed by atoms with Crippen molar-refractivity contribution in [1.29, 1.82) is 0 Å². The van der Waals surface area contributed by atoms with Crippen LogP contribution in [-0.2, 0) is 6.18 Å². The maximum Gasteiger partial charge on any atom is 0.417 e. The van der Waals surface area contributed by atoms with E-state index in [-0.39, 0.29) is 0 Å². The summed E-state index contributed by atoms with van der Waals surface area (Å²) in [7, 11) is 0. The summed E-state index contributed by atoms with van der Waals surface area (Å²) < 4.78 is 37.2. The second-order valence-corrected chi connectivity index (χ2v) is 4.44. The van der Waals surface area contributed by atoms with Gasteiger partial charge in [0.25, 0.3) is 0 Å². The minimum atomic E-state index is -4.31. The lowest BCUT2D eigenvalue weighted by molar-refractivity contribution is -0.137. The van der Waals surface area contributed by atoms with Crippen LogP contribution in [0.1, 0.15) is 31.7 Å². The van der Waals surface area contributed by atoms with Gasteiger partial charge >= 0.3 is 6.18 Å². The summed E-state index contributed by atoms with van der Waals surface area (Å²) in [4.78, 5) is 6.00. The molecule has 0 aliphatic carbocycles. The third kappa shape index (κ3) is 2.70. The van der Waals surface area contributed by atoms with Gasteiger partial charge < -0.3 is 4.90 Å². The van der Waals surface area contributed by atoms with Crippen molar-refractivity contribution >= 4 is 5.82 Å². The molecule has 0 bridgehead atoms. The van der Waals surface area contributed by atoms with E-state index in [9.17, 15) is 13.2 Å². The summed E-state index contributed by atoms with van der Waals surface area (Å²) in [5.74, 6) is 0.644. The summed E-state index contributed by atoms with van der Waals surface area (Å²) in [6.07, 6.45) is -0.0657. The van der Waals surface area contributed by atoms with Crippen molar-refractivity contribution < 1.29 is 13.2 Å². The number of alkyl halides is 3. The molecule has 0 N–H and O–H groups in total. The zero-order chi connectivity index (χ0) is 12.5. The van der Waals surface area contributed by atoms with Crippen molar-refractivity contribution in [2.24, 2.45) is 0 Å². The van der Waals surface area contributed by atoms with Gasteiger partial charge in [0.2, 0.25) is 0 Å². The summed E-state index contributed by atoms with van der Waals surface area (Å²) >= 11 is 0. The lowest BCUT2D eigenvalue weighted by Crippen LogP contribution is -2.37. The van der Waals surface area contributed by atoms with E-state index >= 15 is 0 Å². The minimum Gasteiger partial charge on any atom is -0.354 e. The van der Waals surface area contributed by atoms with Gasteiger partial charge in [-0.1, -0.05) is 0 Å². The average molecular weight is 244 g/mol. The highest BCUT2D eigenvalue weighted by Crippen LogP contribution is 2.30. The molecule has 94 valence electrons. The number of piperidine rings is 1. The molecule has 1 atom stereocenters. The quantitative estimate of drug-likeness (QED) is 0.751. The molecule has 1 aliphatic rings. The number of hydrogen-bond acceptors (Lipinski definition) is 2. The molecule has 0 amide bonds. The van der Waals surface area contributed by atoms with Crippen molar-refractivity contribution in [2.45, 2.75) is 38.4 Å². The molecule has 2 heterocycles. The number of pyridine rings is 1. The van der Waals surface area contributed by atoms with E-state index in [4.69, 9.17) is 0 Å².